The van der Waals surface area contributed by atoms with Gasteiger partial charge in [0.1, 0.15) is 18.1 Å². The van der Waals surface area contributed by atoms with Crippen LogP contribution in [0, 0.1) is 0 Å². The highest BCUT2D eigenvalue weighted by molar-refractivity contribution is 5.94. The fourth-order valence-electron chi connectivity index (χ4n) is 2.32. The second-order valence-electron chi connectivity index (χ2n) is 5.19. The molecular weight excluding hydrogens is 304 g/mol. The van der Waals surface area contributed by atoms with Gasteiger partial charge in [-0.25, -0.2) is 0 Å². The second kappa shape index (κ2) is 7.46. The molecule has 0 aliphatic rings. The van der Waals surface area contributed by atoms with E-state index < -0.39 is 0 Å². The number of ether oxygens (including phenoxy) is 2. The van der Waals surface area contributed by atoms with Gasteiger partial charge in [0.2, 0.25) is 0 Å². The second-order valence-corrected chi connectivity index (χ2v) is 5.19. The Balaban J connectivity index is 1.49. The van der Waals surface area contributed by atoms with Crippen LogP contribution in [-0.2, 0) is 0 Å². The third-order valence-corrected chi connectivity index (χ3v) is 3.58. The molecule has 0 aliphatic carbocycles. The number of hydrogen-bond donors (Lipinski definition) is 1. The Kier molecular flexibility index (Phi) is 4.91. The highest BCUT2D eigenvalue weighted by Gasteiger charge is 2.05. The Morgan fingerprint density at radius 1 is 1.08 bits per heavy atom. The number of amides is 1. The largest absolute Gasteiger partial charge is 0.497 e. The lowest BCUT2D eigenvalue weighted by atomic mass is 10.2. The summed E-state index contributed by atoms with van der Waals surface area (Å²) in [5, 5.41) is 3.85. The molecule has 0 bridgehead atoms. The van der Waals surface area contributed by atoms with E-state index in [1.807, 2.05) is 30.3 Å². The molecule has 0 aliphatic heterocycles. The van der Waals surface area contributed by atoms with E-state index in [1.165, 1.54) is 0 Å². The van der Waals surface area contributed by atoms with Crippen molar-refractivity contribution in [3.63, 3.8) is 0 Å². The van der Waals surface area contributed by atoms with Crippen LogP contribution in [0.2, 0.25) is 0 Å². The zero-order valence-corrected chi connectivity index (χ0v) is 13.4. The van der Waals surface area contributed by atoms with Gasteiger partial charge in [-0.1, -0.05) is 6.07 Å². The van der Waals surface area contributed by atoms with Crippen molar-refractivity contribution < 1.29 is 14.3 Å². The SMILES string of the molecule is COc1ccc(C(=O)NCCOc2ccc3ncccc3c2)cc1. The molecule has 5 heteroatoms. The highest BCUT2D eigenvalue weighted by Crippen LogP contribution is 2.18. The van der Waals surface area contributed by atoms with E-state index in [2.05, 4.69) is 10.3 Å². The van der Waals surface area contributed by atoms with Gasteiger partial charge in [0.15, 0.2) is 0 Å². The van der Waals surface area contributed by atoms with Crippen LogP contribution in [0.25, 0.3) is 10.9 Å². The number of carbonyl (C=O) groups is 1. The van der Waals surface area contributed by atoms with Crippen LogP contribution < -0.4 is 14.8 Å². The summed E-state index contributed by atoms with van der Waals surface area (Å²) in [6.45, 7) is 0.823. The van der Waals surface area contributed by atoms with Crippen molar-refractivity contribution in [3.05, 3.63) is 66.4 Å². The normalized spacial score (nSPS) is 10.4. The van der Waals surface area contributed by atoms with E-state index in [1.54, 1.807) is 37.6 Å². The van der Waals surface area contributed by atoms with Crippen LogP contribution in [0.4, 0.5) is 0 Å². The van der Waals surface area contributed by atoms with Gasteiger partial charge in [-0.05, 0) is 48.5 Å². The topological polar surface area (TPSA) is 60.5 Å². The van der Waals surface area contributed by atoms with Gasteiger partial charge in [-0.3, -0.25) is 9.78 Å². The summed E-state index contributed by atoms with van der Waals surface area (Å²) < 4.78 is 10.7. The third-order valence-electron chi connectivity index (χ3n) is 3.58. The lowest BCUT2D eigenvalue weighted by Gasteiger charge is -2.09. The molecule has 0 fully saturated rings. The summed E-state index contributed by atoms with van der Waals surface area (Å²) in [5.74, 6) is 1.35. The minimum Gasteiger partial charge on any atom is -0.497 e. The maximum Gasteiger partial charge on any atom is 0.251 e. The predicted octanol–water partition coefficient (Wildman–Crippen LogP) is 3.05. The van der Waals surface area contributed by atoms with E-state index in [4.69, 9.17) is 9.47 Å². The van der Waals surface area contributed by atoms with Gasteiger partial charge in [0.25, 0.3) is 5.91 Å². The van der Waals surface area contributed by atoms with E-state index in [0.717, 1.165) is 22.4 Å². The van der Waals surface area contributed by atoms with Crippen molar-refractivity contribution in [2.45, 2.75) is 0 Å². The highest BCUT2D eigenvalue weighted by atomic mass is 16.5. The molecule has 1 aromatic heterocycles. The molecule has 0 radical (unpaired) electrons. The van der Waals surface area contributed by atoms with E-state index >= 15 is 0 Å². The smallest absolute Gasteiger partial charge is 0.251 e. The van der Waals surface area contributed by atoms with Gasteiger partial charge >= 0.3 is 0 Å². The fourth-order valence-corrected chi connectivity index (χ4v) is 2.32. The molecule has 1 amide bonds. The monoisotopic (exact) mass is 322 g/mol. The third kappa shape index (κ3) is 3.81. The Morgan fingerprint density at radius 2 is 1.88 bits per heavy atom. The number of nitrogens with one attached hydrogen (secondary N) is 1. The Hall–Kier alpha value is -3.08. The lowest BCUT2D eigenvalue weighted by molar-refractivity contribution is 0.0947. The molecule has 2 aromatic carbocycles. The number of carbonyl (C=O) groups excluding carboxylic acids is 1. The summed E-state index contributed by atoms with van der Waals surface area (Å²) >= 11 is 0. The number of methoxy groups -OCH3 is 1. The van der Waals surface area contributed by atoms with E-state index in [9.17, 15) is 4.79 Å². The van der Waals surface area contributed by atoms with Gasteiger partial charge in [0, 0.05) is 17.1 Å². The first kappa shape index (κ1) is 15.8. The average molecular weight is 322 g/mol. The summed E-state index contributed by atoms with van der Waals surface area (Å²) in [6, 6.07) is 16.6. The van der Waals surface area contributed by atoms with Gasteiger partial charge in [-0.15, -0.1) is 0 Å². The van der Waals surface area contributed by atoms with Crippen molar-refractivity contribution in [1.82, 2.24) is 10.3 Å². The first-order chi connectivity index (χ1) is 11.8. The average Bonchev–Trinajstić information content (AvgIpc) is 2.65. The van der Waals surface area contributed by atoms with Crippen LogP contribution in [0.5, 0.6) is 11.5 Å². The maximum atomic E-state index is 12.0. The Labute approximate surface area is 140 Å². The molecule has 3 aromatic rings. The van der Waals surface area contributed by atoms with E-state index in [0.29, 0.717) is 18.7 Å². The molecule has 3 rings (SSSR count). The van der Waals surface area contributed by atoms with Crippen LogP contribution >= 0.6 is 0 Å². The number of aromatic nitrogens is 1. The zero-order chi connectivity index (χ0) is 16.8. The number of hydrogen-bond acceptors (Lipinski definition) is 4. The summed E-state index contributed by atoms with van der Waals surface area (Å²) in [5.41, 5.74) is 1.52. The van der Waals surface area contributed by atoms with Crippen LogP contribution in [0.15, 0.2) is 60.8 Å². The summed E-state index contributed by atoms with van der Waals surface area (Å²) in [7, 11) is 1.59. The molecule has 0 spiro atoms. The molecule has 1 heterocycles. The van der Waals surface area contributed by atoms with Crippen LogP contribution in [-0.4, -0.2) is 31.2 Å². The molecule has 5 nitrogen and oxygen atoms in total. The summed E-state index contributed by atoms with van der Waals surface area (Å²) in [4.78, 5) is 16.3. The maximum absolute atomic E-state index is 12.0. The van der Waals surface area contributed by atoms with E-state index in [-0.39, 0.29) is 5.91 Å². The first-order valence-electron chi connectivity index (χ1n) is 7.66. The minimum atomic E-state index is -0.135. The summed E-state index contributed by atoms with van der Waals surface area (Å²) in [6.07, 6.45) is 1.76. The molecule has 122 valence electrons. The first-order valence-corrected chi connectivity index (χ1v) is 7.66. The molecule has 0 unspecified atom stereocenters. The number of benzene rings is 2. The molecule has 1 N–H and O–H groups in total. The van der Waals surface area contributed by atoms with Crippen LogP contribution in [0.1, 0.15) is 10.4 Å². The minimum absolute atomic E-state index is 0.135. The molecule has 0 atom stereocenters. The van der Waals surface area contributed by atoms with Gasteiger partial charge in [-0.2, -0.15) is 0 Å². The number of pyridine rings is 1. The number of fused-ring (bicyclic) bond motifs is 1. The lowest BCUT2D eigenvalue weighted by Crippen LogP contribution is -2.28. The zero-order valence-electron chi connectivity index (χ0n) is 13.4. The Bertz CT molecular complexity index is 831. The quantitative estimate of drug-likeness (QED) is 0.709. The molecular formula is C19H18N2O3. The molecule has 0 saturated carbocycles. The predicted molar refractivity (Wildman–Crippen MR) is 92.6 cm³/mol. The van der Waals surface area contributed by atoms with Crippen molar-refractivity contribution in [3.8, 4) is 11.5 Å². The van der Waals surface area contributed by atoms with Crippen LogP contribution in [0.3, 0.4) is 0 Å². The standard InChI is InChI=1S/C19H18N2O3/c1-23-16-6-4-14(5-7-16)19(22)21-11-12-24-17-8-9-18-15(13-17)3-2-10-20-18/h2-10,13H,11-12H2,1H3,(H,21,22). The number of rotatable bonds is 6. The van der Waals surface area contributed by atoms with Crippen molar-refractivity contribution in [2.24, 2.45) is 0 Å². The van der Waals surface area contributed by atoms with Crippen molar-refractivity contribution >= 4 is 16.8 Å². The van der Waals surface area contributed by atoms with Gasteiger partial charge in [0.05, 0.1) is 19.2 Å². The molecule has 0 saturated heterocycles. The van der Waals surface area contributed by atoms with Crippen molar-refractivity contribution in [2.75, 3.05) is 20.3 Å². The van der Waals surface area contributed by atoms with Gasteiger partial charge < -0.3 is 14.8 Å². The van der Waals surface area contributed by atoms with Crippen molar-refractivity contribution in [1.29, 1.82) is 0 Å². The number of nitrogens with zero attached hydrogens (tertiary/aromatic N) is 1. The molecule has 24 heavy (non-hydrogen) atoms. The Morgan fingerprint density at radius 3 is 2.67 bits per heavy atom. The fraction of sp³-hybridized carbons (Fsp3) is 0.158.